The monoisotopic (exact) mass is 608 g/mol. The summed E-state index contributed by atoms with van der Waals surface area (Å²) in [6, 6.07) is 11.3. The quantitative estimate of drug-likeness (QED) is 0.142. The van der Waals surface area contributed by atoms with Crippen molar-refractivity contribution < 1.29 is 46.9 Å². The molecule has 0 bridgehead atoms. The van der Waals surface area contributed by atoms with Gasteiger partial charge in [-0.15, -0.1) is 0 Å². The first-order valence-corrected chi connectivity index (χ1v) is 14.2. The van der Waals surface area contributed by atoms with E-state index in [9.17, 15) is 24.0 Å². The molecule has 0 aliphatic carbocycles. The van der Waals surface area contributed by atoms with Crippen LogP contribution in [0.5, 0.6) is 11.5 Å². The molecule has 0 fully saturated rings. The number of carbonyl (C=O) groups is 3. The molecule has 44 heavy (non-hydrogen) atoms. The number of hydrogen-bond donors (Lipinski definition) is 0. The van der Waals surface area contributed by atoms with Gasteiger partial charge in [0.15, 0.2) is 17.0 Å². The minimum atomic E-state index is -0.960. The summed E-state index contributed by atoms with van der Waals surface area (Å²) in [5.41, 5.74) is -0.831. The van der Waals surface area contributed by atoms with Crippen molar-refractivity contribution in [1.82, 2.24) is 0 Å². The van der Waals surface area contributed by atoms with Crippen molar-refractivity contribution in [2.75, 3.05) is 26.4 Å². The van der Waals surface area contributed by atoms with E-state index in [0.29, 0.717) is 12.8 Å². The predicted octanol–water partition coefficient (Wildman–Crippen LogP) is 4.81. The molecule has 0 unspecified atom stereocenters. The van der Waals surface area contributed by atoms with E-state index in [2.05, 4.69) is 0 Å². The van der Waals surface area contributed by atoms with Gasteiger partial charge in [0.2, 0.25) is 11.5 Å². The minimum Gasteiger partial charge on any atom is -0.489 e. The lowest BCUT2D eigenvalue weighted by atomic mass is 10.2. The highest BCUT2D eigenvalue weighted by Gasteiger charge is 2.21. The molecule has 0 atom stereocenters. The van der Waals surface area contributed by atoms with Crippen LogP contribution in [0.3, 0.4) is 0 Å². The first-order chi connectivity index (χ1) is 21.2. The van der Waals surface area contributed by atoms with Crippen molar-refractivity contribution in [3.63, 3.8) is 0 Å². The molecule has 4 aromatic rings. The molecular formula is C32H32O12. The molecule has 0 aliphatic heterocycles. The predicted molar refractivity (Wildman–Crippen MR) is 157 cm³/mol. The van der Waals surface area contributed by atoms with Gasteiger partial charge in [-0.3, -0.25) is 14.4 Å². The number of fused-ring (bicyclic) bond motifs is 2. The van der Waals surface area contributed by atoms with Crippen molar-refractivity contribution in [2.45, 2.75) is 46.1 Å². The average molecular weight is 609 g/mol. The van der Waals surface area contributed by atoms with Crippen LogP contribution in [0.4, 0.5) is 0 Å². The minimum absolute atomic E-state index is 0.0834. The van der Waals surface area contributed by atoms with E-state index < -0.39 is 34.9 Å². The Morgan fingerprint density at radius 3 is 1.57 bits per heavy atom. The van der Waals surface area contributed by atoms with Gasteiger partial charge >= 0.3 is 17.9 Å². The third-order valence-electron chi connectivity index (χ3n) is 6.15. The summed E-state index contributed by atoms with van der Waals surface area (Å²) < 4.78 is 38.6. The summed E-state index contributed by atoms with van der Waals surface area (Å²) in [5.74, 6) is -2.23. The lowest BCUT2D eigenvalue weighted by Gasteiger charge is -2.20. The van der Waals surface area contributed by atoms with Gasteiger partial charge in [-0.1, -0.05) is 32.9 Å². The van der Waals surface area contributed by atoms with Gasteiger partial charge in [0.05, 0.1) is 13.2 Å². The molecule has 12 heteroatoms. The topological polar surface area (TPSA) is 158 Å². The van der Waals surface area contributed by atoms with E-state index in [1.807, 2.05) is 13.8 Å². The molecule has 2 aromatic heterocycles. The van der Waals surface area contributed by atoms with Crippen LogP contribution in [-0.2, 0) is 19.0 Å². The van der Waals surface area contributed by atoms with E-state index in [-0.39, 0.29) is 77.8 Å². The zero-order valence-corrected chi connectivity index (χ0v) is 24.5. The fraction of sp³-hybridized carbons (Fsp3) is 0.344. The fourth-order valence-corrected chi connectivity index (χ4v) is 4.08. The number of carbonyl (C=O) groups excluding carboxylic acids is 3. The van der Waals surface area contributed by atoms with E-state index in [1.165, 1.54) is 24.3 Å². The van der Waals surface area contributed by atoms with Crippen LogP contribution in [-0.4, -0.2) is 50.4 Å². The molecule has 12 nitrogen and oxygen atoms in total. The van der Waals surface area contributed by atoms with Crippen LogP contribution < -0.4 is 20.3 Å². The second kappa shape index (κ2) is 14.9. The van der Waals surface area contributed by atoms with Gasteiger partial charge in [-0.2, -0.15) is 0 Å². The second-order valence-corrected chi connectivity index (χ2v) is 9.57. The number of esters is 3. The maximum atomic E-state index is 12.9. The Balaban J connectivity index is 1.54. The summed E-state index contributed by atoms with van der Waals surface area (Å²) in [4.78, 5) is 62.5. The van der Waals surface area contributed by atoms with Gasteiger partial charge in [0.25, 0.3) is 0 Å². The SMILES string of the molecule is CCCOC(=O)c1cc(=O)c2c(OCC(COc3cccc4oc(C(=O)OCCC)cc(=O)c34)OC(=O)CC)cccc2o1. The van der Waals surface area contributed by atoms with Gasteiger partial charge < -0.3 is 32.5 Å². The molecule has 0 amide bonds. The van der Waals surface area contributed by atoms with Crippen molar-refractivity contribution in [2.24, 2.45) is 0 Å². The second-order valence-electron chi connectivity index (χ2n) is 9.57. The Labute approximate surface area is 251 Å². The van der Waals surface area contributed by atoms with Crippen LogP contribution in [0.2, 0.25) is 0 Å². The van der Waals surface area contributed by atoms with Crippen molar-refractivity contribution >= 4 is 39.8 Å². The first kappa shape index (κ1) is 31.8. The van der Waals surface area contributed by atoms with Crippen molar-refractivity contribution in [1.29, 1.82) is 0 Å². The van der Waals surface area contributed by atoms with E-state index in [4.69, 9.17) is 32.5 Å². The van der Waals surface area contributed by atoms with Gasteiger partial charge in [0.1, 0.15) is 46.7 Å². The molecule has 0 N–H and O–H groups in total. The Hall–Kier alpha value is -5.13. The third kappa shape index (κ3) is 7.63. The summed E-state index contributed by atoms with van der Waals surface area (Å²) in [6.45, 7) is 5.22. The van der Waals surface area contributed by atoms with Crippen LogP contribution in [0, 0.1) is 0 Å². The molecule has 0 aliphatic rings. The zero-order chi connectivity index (χ0) is 31.6. The van der Waals surface area contributed by atoms with Gasteiger partial charge in [-0.05, 0) is 37.1 Å². The molecule has 0 spiro atoms. The highest BCUT2D eigenvalue weighted by atomic mass is 16.6. The Morgan fingerprint density at radius 1 is 0.705 bits per heavy atom. The number of ether oxygens (including phenoxy) is 5. The standard InChI is InChI=1S/C32H32O12/c1-4-13-38-31(36)26-15-20(33)29-22(9-7-11-24(29)43-26)40-17-19(42-28(35)6-3)18-41-23-10-8-12-25-30(23)21(34)16-27(44-25)32(37)39-14-5-2/h7-12,15-16,19H,4-6,13-14,17-18H2,1-3H3. The van der Waals surface area contributed by atoms with E-state index in [0.717, 1.165) is 12.1 Å². The normalized spacial score (nSPS) is 11.0. The maximum absolute atomic E-state index is 12.9. The number of rotatable bonds is 14. The fourth-order valence-electron chi connectivity index (χ4n) is 4.08. The first-order valence-electron chi connectivity index (χ1n) is 14.2. The molecule has 0 saturated heterocycles. The van der Waals surface area contributed by atoms with Crippen LogP contribution in [0.1, 0.15) is 61.1 Å². The summed E-state index contributed by atoms with van der Waals surface area (Å²) in [6.07, 6.45) is 0.345. The van der Waals surface area contributed by atoms with Crippen molar-refractivity contribution in [3.05, 3.63) is 80.5 Å². The molecule has 2 aromatic carbocycles. The molecule has 2 heterocycles. The molecular weight excluding hydrogens is 576 g/mol. The number of benzene rings is 2. The van der Waals surface area contributed by atoms with Crippen molar-refractivity contribution in [3.8, 4) is 11.5 Å². The maximum Gasteiger partial charge on any atom is 0.374 e. The zero-order valence-electron chi connectivity index (χ0n) is 24.5. The number of hydrogen-bond acceptors (Lipinski definition) is 12. The summed E-state index contributed by atoms with van der Waals surface area (Å²) in [5, 5.41) is 0.168. The van der Waals surface area contributed by atoms with Crippen LogP contribution in [0.25, 0.3) is 21.9 Å². The Bertz CT molecular complexity index is 1650. The summed E-state index contributed by atoms with van der Waals surface area (Å²) >= 11 is 0. The van der Waals surface area contributed by atoms with E-state index >= 15 is 0 Å². The smallest absolute Gasteiger partial charge is 0.374 e. The largest absolute Gasteiger partial charge is 0.489 e. The molecule has 0 radical (unpaired) electrons. The van der Waals surface area contributed by atoms with Crippen LogP contribution in [0.15, 0.2) is 67.0 Å². The molecule has 4 rings (SSSR count). The Morgan fingerprint density at radius 2 is 1.16 bits per heavy atom. The lowest BCUT2D eigenvalue weighted by Crippen LogP contribution is -2.31. The van der Waals surface area contributed by atoms with Gasteiger partial charge in [-0.25, -0.2) is 9.59 Å². The molecule has 0 saturated carbocycles. The summed E-state index contributed by atoms with van der Waals surface area (Å²) in [7, 11) is 0. The van der Waals surface area contributed by atoms with E-state index in [1.54, 1.807) is 19.1 Å². The van der Waals surface area contributed by atoms with Gasteiger partial charge in [0, 0.05) is 18.6 Å². The molecule has 232 valence electrons. The lowest BCUT2D eigenvalue weighted by molar-refractivity contribution is -0.151. The third-order valence-corrected chi connectivity index (χ3v) is 6.15. The van der Waals surface area contributed by atoms with Crippen LogP contribution >= 0.6 is 0 Å². The average Bonchev–Trinajstić information content (AvgIpc) is 3.02. The Kier molecular flexibility index (Phi) is 10.7. The highest BCUT2D eigenvalue weighted by molar-refractivity contribution is 5.91. The highest BCUT2D eigenvalue weighted by Crippen LogP contribution is 2.26.